The number of nitrogens with one attached hydrogen (secondary N) is 1. The van der Waals surface area contributed by atoms with Crippen LogP contribution in [0.3, 0.4) is 0 Å². The molecule has 2 aromatic heterocycles. The third-order valence-electron chi connectivity index (χ3n) is 5.13. The monoisotopic (exact) mass is 354 g/mol. The van der Waals surface area contributed by atoms with Crippen molar-refractivity contribution in [3.05, 3.63) is 40.8 Å². The van der Waals surface area contributed by atoms with Crippen molar-refractivity contribution < 1.29 is 4.79 Å². The molecule has 1 saturated carbocycles. The molecule has 7 heteroatoms. The minimum atomic E-state index is -0.621. The fourth-order valence-electron chi connectivity index (χ4n) is 3.41. The average Bonchev–Trinajstić information content (AvgIpc) is 2.60. The van der Waals surface area contributed by atoms with Crippen molar-refractivity contribution in [2.75, 3.05) is 5.32 Å². The van der Waals surface area contributed by atoms with Crippen molar-refractivity contribution in [3.63, 3.8) is 0 Å². The SMILES string of the molecule is Cc1ccc(Nc2cc(C[C@@H]3CCCC[C@@H]3N)nnc2C(N)=O)nc1C. The van der Waals surface area contributed by atoms with Crippen molar-refractivity contribution in [2.45, 2.75) is 52.0 Å². The molecule has 2 atom stereocenters. The first-order valence-electron chi connectivity index (χ1n) is 9.07. The molecule has 26 heavy (non-hydrogen) atoms. The summed E-state index contributed by atoms with van der Waals surface area (Å²) in [5, 5.41) is 11.4. The number of rotatable bonds is 5. The molecule has 1 aliphatic carbocycles. The second kappa shape index (κ2) is 7.78. The fourth-order valence-corrected chi connectivity index (χ4v) is 3.41. The highest BCUT2D eigenvalue weighted by molar-refractivity contribution is 5.96. The molecule has 0 bridgehead atoms. The summed E-state index contributed by atoms with van der Waals surface area (Å²) in [5.41, 5.74) is 15.2. The Morgan fingerprint density at radius 2 is 2.00 bits per heavy atom. The number of aromatic nitrogens is 3. The molecule has 7 nitrogen and oxygen atoms in total. The van der Waals surface area contributed by atoms with E-state index < -0.39 is 5.91 Å². The number of hydrogen-bond acceptors (Lipinski definition) is 6. The Bertz CT molecular complexity index is 807. The Balaban J connectivity index is 1.86. The number of primary amides is 1. The molecule has 2 heterocycles. The highest BCUT2D eigenvalue weighted by Gasteiger charge is 2.23. The lowest BCUT2D eigenvalue weighted by molar-refractivity contribution is 0.0995. The van der Waals surface area contributed by atoms with Gasteiger partial charge in [-0.05, 0) is 56.7 Å². The number of aryl methyl sites for hydroxylation is 2. The van der Waals surface area contributed by atoms with Crippen molar-refractivity contribution in [2.24, 2.45) is 17.4 Å². The van der Waals surface area contributed by atoms with Gasteiger partial charge >= 0.3 is 0 Å². The number of carbonyl (C=O) groups is 1. The highest BCUT2D eigenvalue weighted by Crippen LogP contribution is 2.27. The first-order chi connectivity index (χ1) is 12.4. The molecule has 1 fully saturated rings. The molecule has 0 unspecified atom stereocenters. The largest absolute Gasteiger partial charge is 0.364 e. The number of pyridine rings is 1. The molecule has 1 aliphatic rings. The van der Waals surface area contributed by atoms with Crippen molar-refractivity contribution in [3.8, 4) is 0 Å². The van der Waals surface area contributed by atoms with Crippen LogP contribution in [0.15, 0.2) is 18.2 Å². The summed E-state index contributed by atoms with van der Waals surface area (Å²) in [6.45, 7) is 3.94. The van der Waals surface area contributed by atoms with Gasteiger partial charge in [0.25, 0.3) is 5.91 Å². The van der Waals surface area contributed by atoms with E-state index in [0.717, 1.165) is 36.2 Å². The van der Waals surface area contributed by atoms with E-state index in [0.29, 0.717) is 17.4 Å². The Kier molecular flexibility index (Phi) is 5.46. The summed E-state index contributed by atoms with van der Waals surface area (Å²) >= 11 is 0. The molecule has 2 aromatic rings. The van der Waals surface area contributed by atoms with Crippen LogP contribution in [0.25, 0.3) is 0 Å². The second-order valence-corrected chi connectivity index (χ2v) is 7.10. The first kappa shape index (κ1) is 18.3. The van der Waals surface area contributed by atoms with Gasteiger partial charge in [0.05, 0.1) is 11.4 Å². The molecule has 1 amide bonds. The zero-order chi connectivity index (χ0) is 18.7. The Morgan fingerprint density at radius 1 is 1.23 bits per heavy atom. The normalized spacial score (nSPS) is 20.0. The summed E-state index contributed by atoms with van der Waals surface area (Å²) in [4.78, 5) is 16.2. The molecular formula is C19H26N6O. The smallest absolute Gasteiger partial charge is 0.271 e. The van der Waals surface area contributed by atoms with Crippen LogP contribution >= 0.6 is 0 Å². The quantitative estimate of drug-likeness (QED) is 0.758. The molecule has 5 N–H and O–H groups in total. The molecule has 3 rings (SSSR count). The number of carbonyl (C=O) groups excluding carboxylic acids is 1. The van der Waals surface area contributed by atoms with E-state index in [2.05, 4.69) is 20.5 Å². The van der Waals surface area contributed by atoms with E-state index in [9.17, 15) is 4.79 Å². The number of nitrogens with two attached hydrogens (primary N) is 2. The molecule has 138 valence electrons. The molecular weight excluding hydrogens is 328 g/mol. The second-order valence-electron chi connectivity index (χ2n) is 7.10. The van der Waals surface area contributed by atoms with Crippen LogP contribution in [0, 0.1) is 19.8 Å². The van der Waals surface area contributed by atoms with Gasteiger partial charge < -0.3 is 16.8 Å². The molecule has 0 radical (unpaired) electrons. The van der Waals surface area contributed by atoms with E-state index in [1.165, 1.54) is 12.8 Å². The van der Waals surface area contributed by atoms with Gasteiger partial charge in [-0.15, -0.1) is 5.10 Å². The van der Waals surface area contributed by atoms with Crippen molar-refractivity contribution in [1.82, 2.24) is 15.2 Å². The zero-order valence-corrected chi connectivity index (χ0v) is 15.3. The van der Waals surface area contributed by atoms with Gasteiger partial charge in [-0.25, -0.2) is 4.98 Å². The fraction of sp³-hybridized carbons (Fsp3) is 0.474. The van der Waals surface area contributed by atoms with E-state index in [1.807, 2.05) is 32.0 Å². The highest BCUT2D eigenvalue weighted by atomic mass is 16.1. The van der Waals surface area contributed by atoms with Crippen LogP contribution in [0.2, 0.25) is 0 Å². The van der Waals surface area contributed by atoms with Gasteiger partial charge in [0.15, 0.2) is 5.69 Å². The molecule has 0 aromatic carbocycles. The Morgan fingerprint density at radius 3 is 2.69 bits per heavy atom. The van der Waals surface area contributed by atoms with E-state index >= 15 is 0 Å². The number of amides is 1. The van der Waals surface area contributed by atoms with Gasteiger partial charge in [-0.1, -0.05) is 18.9 Å². The molecule has 0 aliphatic heterocycles. The number of hydrogen-bond donors (Lipinski definition) is 3. The lowest BCUT2D eigenvalue weighted by atomic mass is 9.82. The van der Waals surface area contributed by atoms with Crippen LogP contribution in [0.5, 0.6) is 0 Å². The van der Waals surface area contributed by atoms with Crippen LogP contribution in [0.1, 0.15) is 53.1 Å². The van der Waals surface area contributed by atoms with Gasteiger partial charge in [0.2, 0.25) is 0 Å². The van der Waals surface area contributed by atoms with Gasteiger partial charge in [0.1, 0.15) is 5.82 Å². The first-order valence-corrected chi connectivity index (χ1v) is 9.07. The van der Waals surface area contributed by atoms with E-state index in [4.69, 9.17) is 11.5 Å². The maximum Gasteiger partial charge on any atom is 0.271 e. The summed E-state index contributed by atoms with van der Waals surface area (Å²) in [5.74, 6) is 0.416. The Labute approximate surface area is 153 Å². The lowest BCUT2D eigenvalue weighted by Crippen LogP contribution is -2.34. The van der Waals surface area contributed by atoms with Crippen LogP contribution in [0.4, 0.5) is 11.5 Å². The molecule has 0 saturated heterocycles. The zero-order valence-electron chi connectivity index (χ0n) is 15.3. The molecule has 0 spiro atoms. The van der Waals surface area contributed by atoms with Crippen molar-refractivity contribution >= 4 is 17.4 Å². The van der Waals surface area contributed by atoms with Gasteiger partial charge in [-0.3, -0.25) is 4.79 Å². The third kappa shape index (κ3) is 4.16. The predicted octanol–water partition coefficient (Wildman–Crippen LogP) is 2.39. The van der Waals surface area contributed by atoms with Crippen LogP contribution in [-0.4, -0.2) is 27.1 Å². The van der Waals surface area contributed by atoms with Crippen LogP contribution < -0.4 is 16.8 Å². The Hall–Kier alpha value is -2.54. The van der Waals surface area contributed by atoms with Crippen molar-refractivity contribution in [1.29, 1.82) is 0 Å². The third-order valence-corrected chi connectivity index (χ3v) is 5.13. The average molecular weight is 354 g/mol. The lowest BCUT2D eigenvalue weighted by Gasteiger charge is -2.28. The summed E-state index contributed by atoms with van der Waals surface area (Å²) < 4.78 is 0. The van der Waals surface area contributed by atoms with E-state index in [1.54, 1.807) is 0 Å². The minimum Gasteiger partial charge on any atom is -0.364 e. The van der Waals surface area contributed by atoms with Crippen LogP contribution in [-0.2, 0) is 6.42 Å². The van der Waals surface area contributed by atoms with Gasteiger partial charge in [-0.2, -0.15) is 5.10 Å². The van der Waals surface area contributed by atoms with Gasteiger partial charge in [0, 0.05) is 11.7 Å². The summed E-state index contributed by atoms with van der Waals surface area (Å²) in [7, 11) is 0. The number of anilines is 2. The minimum absolute atomic E-state index is 0.113. The van der Waals surface area contributed by atoms with E-state index in [-0.39, 0.29) is 11.7 Å². The topological polar surface area (TPSA) is 120 Å². The maximum atomic E-state index is 11.7. The summed E-state index contributed by atoms with van der Waals surface area (Å²) in [6.07, 6.45) is 5.29. The predicted molar refractivity (Wildman–Crippen MR) is 101 cm³/mol. The number of nitrogens with zero attached hydrogens (tertiary/aromatic N) is 3. The standard InChI is InChI=1S/C19H26N6O/c1-11-7-8-17(22-12(11)2)23-16-10-14(24-25-18(16)19(21)26)9-13-5-3-4-6-15(13)20/h7-8,10,13,15H,3-6,9,20H2,1-2H3,(H2,21,26)(H,22,23,24)/t13-,15-/m0/s1. The summed E-state index contributed by atoms with van der Waals surface area (Å²) in [6, 6.07) is 5.87. The maximum absolute atomic E-state index is 11.7.